The number of methoxy groups -OCH3 is 1. The Morgan fingerprint density at radius 2 is 2.11 bits per heavy atom. The highest BCUT2D eigenvalue weighted by Gasteiger charge is 2.31. The second-order valence-electron chi connectivity index (χ2n) is 4.81. The molecule has 19 heavy (non-hydrogen) atoms. The van der Waals surface area contributed by atoms with E-state index < -0.39 is 10.0 Å². The van der Waals surface area contributed by atoms with Gasteiger partial charge in [0.15, 0.2) is 0 Å². The summed E-state index contributed by atoms with van der Waals surface area (Å²) in [5, 5.41) is 0. The summed E-state index contributed by atoms with van der Waals surface area (Å²) < 4.78 is 32.7. The second kappa shape index (κ2) is 5.90. The molecule has 0 aliphatic heterocycles. The van der Waals surface area contributed by atoms with E-state index in [1.54, 1.807) is 24.3 Å². The van der Waals surface area contributed by atoms with Crippen molar-refractivity contribution in [2.45, 2.75) is 30.2 Å². The Morgan fingerprint density at radius 3 is 2.79 bits per heavy atom. The van der Waals surface area contributed by atoms with Crippen LogP contribution in [0.1, 0.15) is 19.3 Å². The van der Waals surface area contributed by atoms with Crippen LogP contribution < -0.4 is 15.2 Å². The van der Waals surface area contributed by atoms with Gasteiger partial charge in [-0.15, -0.1) is 0 Å². The van der Waals surface area contributed by atoms with Crippen LogP contribution in [0.25, 0.3) is 0 Å². The van der Waals surface area contributed by atoms with Crippen LogP contribution in [0.5, 0.6) is 5.75 Å². The smallest absolute Gasteiger partial charge is 0.244 e. The van der Waals surface area contributed by atoms with Crippen molar-refractivity contribution in [1.29, 1.82) is 0 Å². The number of nitrogens with two attached hydrogens (primary N) is 1. The fourth-order valence-corrected chi connectivity index (χ4v) is 4.09. The van der Waals surface area contributed by atoms with Gasteiger partial charge in [-0.25, -0.2) is 13.1 Å². The van der Waals surface area contributed by atoms with Crippen LogP contribution in [-0.2, 0) is 10.0 Å². The minimum atomic E-state index is -3.56. The molecule has 0 aromatic heterocycles. The highest BCUT2D eigenvalue weighted by atomic mass is 32.2. The largest absolute Gasteiger partial charge is 0.495 e. The topological polar surface area (TPSA) is 81.4 Å². The Kier molecular flexibility index (Phi) is 4.44. The third-order valence-corrected chi connectivity index (χ3v) is 5.16. The zero-order valence-electron chi connectivity index (χ0n) is 11.0. The lowest BCUT2D eigenvalue weighted by Gasteiger charge is -2.20. The van der Waals surface area contributed by atoms with E-state index in [1.165, 1.54) is 7.11 Å². The summed E-state index contributed by atoms with van der Waals surface area (Å²) in [6.45, 7) is 0.513. The number of nitrogens with one attached hydrogen (secondary N) is 1. The number of para-hydroxylation sites is 1. The van der Waals surface area contributed by atoms with Crippen molar-refractivity contribution >= 4 is 10.0 Å². The summed E-state index contributed by atoms with van der Waals surface area (Å²) in [7, 11) is -2.10. The first-order valence-corrected chi connectivity index (χ1v) is 7.92. The first kappa shape index (κ1) is 14.3. The maximum atomic E-state index is 12.4. The van der Waals surface area contributed by atoms with Crippen LogP contribution in [0.3, 0.4) is 0 Å². The van der Waals surface area contributed by atoms with Gasteiger partial charge in [-0.3, -0.25) is 0 Å². The Morgan fingerprint density at radius 1 is 1.37 bits per heavy atom. The number of benzene rings is 1. The maximum absolute atomic E-state index is 12.4. The van der Waals surface area contributed by atoms with E-state index >= 15 is 0 Å². The number of hydrogen-bond acceptors (Lipinski definition) is 4. The molecule has 3 N–H and O–H groups in total. The molecular weight excluding hydrogens is 264 g/mol. The lowest BCUT2D eigenvalue weighted by atomic mass is 10.1. The molecule has 1 aromatic rings. The van der Waals surface area contributed by atoms with E-state index in [2.05, 4.69) is 4.72 Å². The Bertz CT molecular complexity index is 530. The second-order valence-corrected chi connectivity index (χ2v) is 6.49. The van der Waals surface area contributed by atoms with E-state index in [1.807, 2.05) is 0 Å². The molecule has 6 heteroatoms. The van der Waals surface area contributed by atoms with Crippen molar-refractivity contribution in [1.82, 2.24) is 4.72 Å². The lowest BCUT2D eigenvalue weighted by Crippen LogP contribution is -2.39. The van der Waals surface area contributed by atoms with Crippen LogP contribution in [0.4, 0.5) is 0 Å². The fourth-order valence-electron chi connectivity index (χ4n) is 2.58. The predicted octanol–water partition coefficient (Wildman–Crippen LogP) is 1.10. The molecule has 1 aromatic carbocycles. The summed E-state index contributed by atoms with van der Waals surface area (Å²) in [6, 6.07) is 6.55. The molecule has 2 atom stereocenters. The van der Waals surface area contributed by atoms with Gasteiger partial charge in [0, 0.05) is 6.04 Å². The normalized spacial score (nSPS) is 23.5. The minimum Gasteiger partial charge on any atom is -0.495 e. The number of ether oxygens (including phenoxy) is 1. The minimum absolute atomic E-state index is 0.0695. The quantitative estimate of drug-likeness (QED) is 0.848. The van der Waals surface area contributed by atoms with Crippen molar-refractivity contribution in [3.63, 3.8) is 0 Å². The van der Waals surface area contributed by atoms with Crippen molar-refractivity contribution in [3.8, 4) is 5.75 Å². The van der Waals surface area contributed by atoms with Gasteiger partial charge in [-0.1, -0.05) is 18.6 Å². The van der Waals surface area contributed by atoms with E-state index in [4.69, 9.17) is 10.5 Å². The highest BCUT2D eigenvalue weighted by molar-refractivity contribution is 7.89. The van der Waals surface area contributed by atoms with Gasteiger partial charge in [0.05, 0.1) is 7.11 Å². The van der Waals surface area contributed by atoms with Gasteiger partial charge >= 0.3 is 0 Å². The van der Waals surface area contributed by atoms with Crippen molar-refractivity contribution in [2.24, 2.45) is 11.7 Å². The van der Waals surface area contributed by atoms with Crippen LogP contribution in [0.2, 0.25) is 0 Å². The molecule has 0 unspecified atom stereocenters. The average molecular weight is 284 g/mol. The van der Waals surface area contributed by atoms with Gasteiger partial charge in [0.2, 0.25) is 10.0 Å². The lowest BCUT2D eigenvalue weighted by molar-refractivity contribution is 0.400. The van der Waals surface area contributed by atoms with Crippen molar-refractivity contribution in [3.05, 3.63) is 24.3 Å². The molecule has 0 heterocycles. The number of rotatable bonds is 5. The Labute approximate surface area is 114 Å². The van der Waals surface area contributed by atoms with Crippen LogP contribution in [-0.4, -0.2) is 28.1 Å². The zero-order valence-corrected chi connectivity index (χ0v) is 11.8. The Hall–Kier alpha value is -1.11. The molecule has 2 rings (SSSR count). The third kappa shape index (κ3) is 3.08. The maximum Gasteiger partial charge on any atom is 0.244 e. The van der Waals surface area contributed by atoms with Crippen LogP contribution >= 0.6 is 0 Å². The molecule has 0 bridgehead atoms. The molecule has 0 amide bonds. The molecule has 1 saturated carbocycles. The third-order valence-electron chi connectivity index (χ3n) is 3.63. The van der Waals surface area contributed by atoms with E-state index in [-0.39, 0.29) is 16.9 Å². The van der Waals surface area contributed by atoms with E-state index in [9.17, 15) is 8.42 Å². The molecular formula is C13H20N2O3S. The summed E-state index contributed by atoms with van der Waals surface area (Å²) in [4.78, 5) is 0.181. The summed E-state index contributed by atoms with van der Waals surface area (Å²) in [5.41, 5.74) is 5.68. The van der Waals surface area contributed by atoms with Crippen molar-refractivity contribution < 1.29 is 13.2 Å². The summed E-state index contributed by atoms with van der Waals surface area (Å²) in [6.07, 6.45) is 2.84. The first-order valence-electron chi connectivity index (χ1n) is 6.44. The molecule has 1 aliphatic carbocycles. The molecule has 0 radical (unpaired) electrons. The van der Waals surface area contributed by atoms with Gasteiger partial charge in [0.25, 0.3) is 0 Å². The molecule has 5 nitrogen and oxygen atoms in total. The fraction of sp³-hybridized carbons (Fsp3) is 0.538. The average Bonchev–Trinajstić information content (AvgIpc) is 2.85. The van der Waals surface area contributed by atoms with E-state index in [0.29, 0.717) is 12.3 Å². The van der Waals surface area contributed by atoms with Crippen LogP contribution in [0, 0.1) is 5.92 Å². The zero-order chi connectivity index (χ0) is 13.9. The highest BCUT2D eigenvalue weighted by Crippen LogP contribution is 2.28. The molecule has 106 valence electrons. The van der Waals surface area contributed by atoms with Crippen molar-refractivity contribution in [2.75, 3.05) is 13.7 Å². The number of hydrogen-bond donors (Lipinski definition) is 2. The molecule has 1 fully saturated rings. The first-order chi connectivity index (χ1) is 9.08. The number of sulfonamides is 1. The van der Waals surface area contributed by atoms with Gasteiger partial charge in [-0.2, -0.15) is 0 Å². The molecule has 0 saturated heterocycles. The van der Waals surface area contributed by atoms with Gasteiger partial charge in [0.1, 0.15) is 10.6 Å². The summed E-state index contributed by atoms with van der Waals surface area (Å²) in [5.74, 6) is 0.585. The van der Waals surface area contributed by atoms with Gasteiger partial charge < -0.3 is 10.5 Å². The molecule has 1 aliphatic rings. The standard InChI is InChI=1S/C13H20N2O3S/c1-18-12-7-2-3-8-13(12)19(16,17)15-11-6-4-5-10(11)9-14/h2-3,7-8,10-11,15H,4-6,9,14H2,1H3/t10-,11-/m1/s1. The Balaban J connectivity index is 2.23. The predicted molar refractivity (Wildman–Crippen MR) is 73.5 cm³/mol. The van der Waals surface area contributed by atoms with E-state index in [0.717, 1.165) is 19.3 Å². The summed E-state index contributed by atoms with van der Waals surface area (Å²) >= 11 is 0. The SMILES string of the molecule is COc1ccccc1S(=O)(=O)N[C@@H]1CCC[C@@H]1CN. The van der Waals surface area contributed by atoms with Gasteiger partial charge in [-0.05, 0) is 37.4 Å². The van der Waals surface area contributed by atoms with Crippen LogP contribution in [0.15, 0.2) is 29.2 Å². The molecule has 0 spiro atoms. The monoisotopic (exact) mass is 284 g/mol.